The Morgan fingerprint density at radius 3 is 2.56 bits per heavy atom. The van der Waals surface area contributed by atoms with E-state index in [4.69, 9.17) is 4.74 Å². The van der Waals surface area contributed by atoms with Gasteiger partial charge in [-0.2, -0.15) is 0 Å². The standard InChI is InChI=1S/C20H24N2O3/c1-2-12-22-15-17(8-9-18(22)23)21-19(24)20(10-13-25-14-11-20)16-6-4-3-5-7-16/h3-9,15H,2,10-14H2,1H3,(H,21,24). The van der Waals surface area contributed by atoms with Crippen LogP contribution in [0.15, 0.2) is 53.5 Å². The van der Waals surface area contributed by atoms with Crippen molar-refractivity contribution >= 4 is 11.6 Å². The molecule has 1 amide bonds. The largest absolute Gasteiger partial charge is 0.381 e. The fraction of sp³-hybridized carbons (Fsp3) is 0.400. The molecule has 0 bridgehead atoms. The van der Waals surface area contributed by atoms with E-state index in [2.05, 4.69) is 5.32 Å². The molecule has 3 rings (SSSR count). The summed E-state index contributed by atoms with van der Waals surface area (Å²) in [5.74, 6) is -0.0382. The summed E-state index contributed by atoms with van der Waals surface area (Å²) in [7, 11) is 0. The lowest BCUT2D eigenvalue weighted by Crippen LogP contribution is -2.45. The maximum Gasteiger partial charge on any atom is 0.250 e. The molecule has 1 aromatic carbocycles. The Kier molecular flexibility index (Phi) is 5.34. The first-order valence-corrected chi connectivity index (χ1v) is 8.81. The molecule has 1 fully saturated rings. The zero-order valence-corrected chi connectivity index (χ0v) is 14.5. The van der Waals surface area contributed by atoms with Crippen molar-refractivity contribution in [3.63, 3.8) is 0 Å². The highest BCUT2D eigenvalue weighted by molar-refractivity contribution is 5.99. The topological polar surface area (TPSA) is 60.3 Å². The average Bonchev–Trinajstić information content (AvgIpc) is 2.66. The van der Waals surface area contributed by atoms with E-state index >= 15 is 0 Å². The van der Waals surface area contributed by atoms with Crippen LogP contribution >= 0.6 is 0 Å². The maximum atomic E-state index is 13.2. The normalized spacial score (nSPS) is 16.4. The number of nitrogens with zero attached hydrogens (tertiary/aromatic N) is 1. The first-order valence-electron chi connectivity index (χ1n) is 8.81. The summed E-state index contributed by atoms with van der Waals surface area (Å²) >= 11 is 0. The van der Waals surface area contributed by atoms with Gasteiger partial charge < -0.3 is 14.6 Å². The van der Waals surface area contributed by atoms with E-state index in [1.54, 1.807) is 16.8 Å². The fourth-order valence-corrected chi connectivity index (χ4v) is 3.40. The second-order valence-electron chi connectivity index (χ2n) is 6.46. The molecule has 0 aliphatic carbocycles. The van der Waals surface area contributed by atoms with Crippen molar-refractivity contribution in [3.8, 4) is 0 Å². The zero-order valence-electron chi connectivity index (χ0n) is 14.5. The highest BCUT2D eigenvalue weighted by Crippen LogP contribution is 2.36. The average molecular weight is 340 g/mol. The summed E-state index contributed by atoms with van der Waals surface area (Å²) in [4.78, 5) is 25.1. The third-order valence-electron chi connectivity index (χ3n) is 4.81. The number of nitrogens with one attached hydrogen (secondary N) is 1. The third-order valence-corrected chi connectivity index (χ3v) is 4.81. The summed E-state index contributed by atoms with van der Waals surface area (Å²) < 4.78 is 7.12. The smallest absolute Gasteiger partial charge is 0.250 e. The molecule has 1 aliphatic rings. The van der Waals surface area contributed by atoms with Crippen LogP contribution in [0.25, 0.3) is 0 Å². The maximum absolute atomic E-state index is 13.2. The number of ether oxygens (including phenoxy) is 1. The van der Waals surface area contributed by atoms with Gasteiger partial charge in [0.1, 0.15) is 0 Å². The highest BCUT2D eigenvalue weighted by atomic mass is 16.5. The number of aromatic nitrogens is 1. The lowest BCUT2D eigenvalue weighted by atomic mass is 9.73. The van der Waals surface area contributed by atoms with E-state index in [1.165, 1.54) is 6.07 Å². The number of hydrogen-bond donors (Lipinski definition) is 1. The van der Waals surface area contributed by atoms with Gasteiger partial charge in [0.05, 0.1) is 11.1 Å². The van der Waals surface area contributed by atoms with Gasteiger partial charge in [-0.1, -0.05) is 37.3 Å². The van der Waals surface area contributed by atoms with Crippen molar-refractivity contribution in [2.24, 2.45) is 0 Å². The van der Waals surface area contributed by atoms with Gasteiger partial charge in [-0.25, -0.2) is 0 Å². The number of hydrogen-bond acceptors (Lipinski definition) is 3. The van der Waals surface area contributed by atoms with Crippen LogP contribution in [-0.2, 0) is 21.5 Å². The Labute approximate surface area is 147 Å². The van der Waals surface area contributed by atoms with Crippen molar-refractivity contribution in [2.75, 3.05) is 18.5 Å². The predicted octanol–water partition coefficient (Wildman–Crippen LogP) is 2.95. The van der Waals surface area contributed by atoms with Crippen molar-refractivity contribution in [3.05, 3.63) is 64.6 Å². The lowest BCUT2D eigenvalue weighted by Gasteiger charge is -2.36. The summed E-state index contributed by atoms with van der Waals surface area (Å²) in [6.07, 6.45) is 3.89. The number of aryl methyl sites for hydroxylation is 1. The van der Waals surface area contributed by atoms with E-state index in [1.807, 2.05) is 37.3 Å². The summed E-state index contributed by atoms with van der Waals surface area (Å²) in [5, 5.41) is 3.02. The molecule has 1 aliphatic heterocycles. The number of carbonyl (C=O) groups excluding carboxylic acids is 1. The third kappa shape index (κ3) is 3.66. The summed E-state index contributed by atoms with van der Waals surface area (Å²) in [6, 6.07) is 13.1. The molecule has 2 aromatic rings. The molecular weight excluding hydrogens is 316 g/mol. The molecule has 0 atom stereocenters. The molecule has 0 unspecified atom stereocenters. The van der Waals surface area contributed by atoms with E-state index in [9.17, 15) is 9.59 Å². The molecule has 5 heteroatoms. The van der Waals surface area contributed by atoms with Gasteiger partial charge in [-0.05, 0) is 30.9 Å². The number of carbonyl (C=O) groups is 1. The van der Waals surface area contributed by atoms with Gasteiger partial charge in [0.2, 0.25) is 5.91 Å². The van der Waals surface area contributed by atoms with Crippen molar-refractivity contribution in [1.29, 1.82) is 0 Å². The Morgan fingerprint density at radius 1 is 1.16 bits per heavy atom. The Bertz CT molecular complexity index is 777. The molecule has 0 radical (unpaired) electrons. The SMILES string of the molecule is CCCn1cc(NC(=O)C2(c3ccccc3)CCOCC2)ccc1=O. The minimum absolute atomic E-state index is 0.0382. The monoisotopic (exact) mass is 340 g/mol. The van der Waals surface area contributed by atoms with Gasteiger partial charge >= 0.3 is 0 Å². The van der Waals surface area contributed by atoms with Crippen LogP contribution in [0.2, 0.25) is 0 Å². The number of amides is 1. The molecule has 132 valence electrons. The Morgan fingerprint density at radius 2 is 1.88 bits per heavy atom. The Balaban J connectivity index is 1.89. The second-order valence-corrected chi connectivity index (χ2v) is 6.46. The van der Waals surface area contributed by atoms with Crippen LogP contribution in [0.3, 0.4) is 0 Å². The van der Waals surface area contributed by atoms with Crippen LogP contribution in [0.4, 0.5) is 5.69 Å². The quantitative estimate of drug-likeness (QED) is 0.910. The fourth-order valence-electron chi connectivity index (χ4n) is 3.40. The van der Waals surface area contributed by atoms with Crippen molar-refractivity contribution in [1.82, 2.24) is 4.57 Å². The zero-order chi connectivity index (χ0) is 17.7. The Hall–Kier alpha value is -2.40. The molecule has 1 aromatic heterocycles. The van der Waals surface area contributed by atoms with Crippen LogP contribution in [-0.4, -0.2) is 23.7 Å². The van der Waals surface area contributed by atoms with Gasteiger partial charge in [0.25, 0.3) is 5.56 Å². The van der Waals surface area contributed by atoms with Gasteiger partial charge in [-0.15, -0.1) is 0 Å². The summed E-state index contributed by atoms with van der Waals surface area (Å²) in [6.45, 7) is 3.79. The first kappa shape index (κ1) is 17.4. The minimum Gasteiger partial charge on any atom is -0.381 e. The number of benzene rings is 1. The summed E-state index contributed by atoms with van der Waals surface area (Å²) in [5.41, 5.74) is 1.02. The van der Waals surface area contributed by atoms with E-state index in [0.29, 0.717) is 38.3 Å². The predicted molar refractivity (Wildman–Crippen MR) is 97.8 cm³/mol. The van der Waals surface area contributed by atoms with Gasteiger partial charge in [-0.3, -0.25) is 9.59 Å². The van der Waals surface area contributed by atoms with E-state index in [0.717, 1.165) is 12.0 Å². The van der Waals surface area contributed by atoms with Crippen LogP contribution < -0.4 is 10.9 Å². The number of pyridine rings is 1. The highest BCUT2D eigenvalue weighted by Gasteiger charge is 2.41. The molecule has 25 heavy (non-hydrogen) atoms. The van der Waals surface area contributed by atoms with Crippen LogP contribution in [0, 0.1) is 0 Å². The van der Waals surface area contributed by atoms with Crippen LogP contribution in [0.1, 0.15) is 31.7 Å². The van der Waals surface area contributed by atoms with Crippen molar-refractivity contribution < 1.29 is 9.53 Å². The first-order chi connectivity index (χ1) is 12.2. The van der Waals surface area contributed by atoms with Gasteiger partial charge in [0.15, 0.2) is 0 Å². The molecule has 2 heterocycles. The second kappa shape index (κ2) is 7.66. The molecule has 1 saturated heterocycles. The van der Waals surface area contributed by atoms with E-state index in [-0.39, 0.29) is 11.5 Å². The molecule has 0 saturated carbocycles. The lowest BCUT2D eigenvalue weighted by molar-refractivity contribution is -0.125. The molecule has 0 spiro atoms. The molecular formula is C20H24N2O3. The van der Waals surface area contributed by atoms with Crippen LogP contribution in [0.5, 0.6) is 0 Å². The van der Waals surface area contributed by atoms with E-state index < -0.39 is 5.41 Å². The number of rotatable bonds is 5. The number of anilines is 1. The van der Waals surface area contributed by atoms with Crippen molar-refractivity contribution in [2.45, 2.75) is 38.1 Å². The van der Waals surface area contributed by atoms with Gasteiger partial charge in [0, 0.05) is 32.0 Å². The minimum atomic E-state index is -0.592. The molecule has 5 nitrogen and oxygen atoms in total. The molecule has 1 N–H and O–H groups in total.